The summed E-state index contributed by atoms with van der Waals surface area (Å²) in [5.41, 5.74) is 9.87. The van der Waals surface area contributed by atoms with Crippen molar-refractivity contribution in [3.05, 3.63) is 48.7 Å². The van der Waals surface area contributed by atoms with E-state index in [2.05, 4.69) is 15.4 Å². The number of nitrogens with one attached hydrogen (secondary N) is 1. The molecule has 0 radical (unpaired) electrons. The van der Waals surface area contributed by atoms with Crippen molar-refractivity contribution in [1.82, 2.24) is 20.4 Å². The Kier molecular flexibility index (Phi) is 3.06. The molecule has 1 aliphatic heterocycles. The zero-order chi connectivity index (χ0) is 10.5. The van der Waals surface area contributed by atoms with Crippen LogP contribution in [0.25, 0.3) is 0 Å². The van der Waals surface area contributed by atoms with Crippen LogP contribution in [0.2, 0.25) is 0 Å². The van der Waals surface area contributed by atoms with Gasteiger partial charge >= 0.3 is 0 Å². The summed E-state index contributed by atoms with van der Waals surface area (Å²) >= 11 is 0. The summed E-state index contributed by atoms with van der Waals surface area (Å²) in [7, 11) is 0. The van der Waals surface area contributed by atoms with Crippen LogP contribution in [0.4, 0.5) is 0 Å². The Balaban J connectivity index is 1.89. The molecule has 5 nitrogen and oxygen atoms in total. The summed E-state index contributed by atoms with van der Waals surface area (Å²) in [6, 6.07) is 0. The quantitative estimate of drug-likeness (QED) is 0.732. The number of nitrogens with zero attached hydrogens (tertiary/aromatic N) is 3. The monoisotopic (exact) mass is 203 g/mol. The van der Waals surface area contributed by atoms with Gasteiger partial charge in [-0.3, -0.25) is 15.0 Å². The number of hydrazine groups is 1. The molecule has 0 aromatic carbocycles. The Labute approximate surface area is 88.3 Å². The molecular formula is C10H13N5. The van der Waals surface area contributed by atoms with Crippen molar-refractivity contribution in [2.45, 2.75) is 12.7 Å². The first kappa shape index (κ1) is 9.82. The molecule has 2 rings (SSSR count). The van der Waals surface area contributed by atoms with E-state index < -0.39 is 0 Å². The van der Waals surface area contributed by atoms with Crippen molar-refractivity contribution in [3.63, 3.8) is 0 Å². The average Bonchev–Trinajstić information content (AvgIpc) is 2.29. The lowest BCUT2D eigenvalue weighted by Crippen LogP contribution is -2.46. The second-order valence-electron chi connectivity index (χ2n) is 3.16. The third-order valence-electron chi connectivity index (χ3n) is 2.05. The van der Waals surface area contributed by atoms with Gasteiger partial charge in [-0.1, -0.05) is 6.08 Å². The molecule has 0 amide bonds. The molecule has 5 heteroatoms. The van der Waals surface area contributed by atoms with E-state index in [4.69, 9.17) is 5.73 Å². The number of nitrogens with two attached hydrogens (primary N) is 1. The number of rotatable bonds is 3. The molecule has 1 atom stereocenters. The molecule has 0 fully saturated rings. The van der Waals surface area contributed by atoms with Crippen molar-refractivity contribution in [2.75, 3.05) is 0 Å². The fraction of sp³-hybridized carbons (Fsp3) is 0.200. The van der Waals surface area contributed by atoms with Gasteiger partial charge in [0.15, 0.2) is 0 Å². The van der Waals surface area contributed by atoms with E-state index >= 15 is 0 Å². The molecule has 0 aliphatic carbocycles. The second-order valence-corrected chi connectivity index (χ2v) is 3.16. The van der Waals surface area contributed by atoms with Crippen molar-refractivity contribution in [2.24, 2.45) is 5.73 Å². The second kappa shape index (κ2) is 4.68. The standard InChI is InChI=1S/C10H13N5/c11-10-3-1-2-6-15(10)14-8-9-7-12-4-5-13-9/h1-7,10,14H,8,11H2. The third-order valence-corrected chi connectivity index (χ3v) is 2.05. The molecule has 0 bridgehead atoms. The number of allylic oxidation sites excluding steroid dienone is 2. The number of hydrogen-bond donors (Lipinski definition) is 2. The van der Waals surface area contributed by atoms with E-state index in [0.717, 1.165) is 5.69 Å². The van der Waals surface area contributed by atoms with Gasteiger partial charge in [-0.05, 0) is 12.2 Å². The van der Waals surface area contributed by atoms with E-state index in [1.807, 2.05) is 29.4 Å². The first-order valence-electron chi connectivity index (χ1n) is 4.73. The SMILES string of the molecule is NC1C=CC=CN1NCc1cnccn1. The van der Waals surface area contributed by atoms with Crippen molar-refractivity contribution < 1.29 is 0 Å². The lowest BCUT2D eigenvalue weighted by Gasteiger charge is -2.27. The zero-order valence-corrected chi connectivity index (χ0v) is 8.24. The van der Waals surface area contributed by atoms with Gasteiger partial charge in [-0.25, -0.2) is 5.43 Å². The fourth-order valence-corrected chi connectivity index (χ4v) is 1.26. The van der Waals surface area contributed by atoms with Crippen LogP contribution in [0.5, 0.6) is 0 Å². The van der Waals surface area contributed by atoms with Crippen LogP contribution in [0.1, 0.15) is 5.69 Å². The Morgan fingerprint density at radius 2 is 2.33 bits per heavy atom. The minimum Gasteiger partial charge on any atom is -0.307 e. The zero-order valence-electron chi connectivity index (χ0n) is 8.24. The van der Waals surface area contributed by atoms with Gasteiger partial charge < -0.3 is 5.73 Å². The maximum Gasteiger partial charge on any atom is 0.111 e. The Bertz CT molecular complexity index is 359. The highest BCUT2D eigenvalue weighted by Gasteiger charge is 2.08. The van der Waals surface area contributed by atoms with Crippen LogP contribution in [0.3, 0.4) is 0 Å². The highest BCUT2D eigenvalue weighted by molar-refractivity contribution is 5.11. The molecule has 1 aromatic heterocycles. The van der Waals surface area contributed by atoms with Crippen LogP contribution >= 0.6 is 0 Å². The Morgan fingerprint density at radius 3 is 3.07 bits per heavy atom. The molecule has 1 aliphatic rings. The van der Waals surface area contributed by atoms with Gasteiger partial charge in [0.2, 0.25) is 0 Å². The minimum atomic E-state index is -0.133. The van der Waals surface area contributed by atoms with Gasteiger partial charge in [0.25, 0.3) is 0 Å². The van der Waals surface area contributed by atoms with Crippen molar-refractivity contribution in [3.8, 4) is 0 Å². The highest BCUT2D eigenvalue weighted by atomic mass is 15.5. The largest absolute Gasteiger partial charge is 0.307 e. The predicted octanol–water partition coefficient (Wildman–Crippen LogP) is 0.151. The summed E-state index contributed by atoms with van der Waals surface area (Å²) in [5, 5.41) is 1.83. The average molecular weight is 203 g/mol. The summed E-state index contributed by atoms with van der Waals surface area (Å²) in [5.74, 6) is 0. The fourth-order valence-electron chi connectivity index (χ4n) is 1.26. The molecule has 78 valence electrons. The maximum atomic E-state index is 5.83. The lowest BCUT2D eigenvalue weighted by molar-refractivity contribution is 0.222. The predicted molar refractivity (Wildman–Crippen MR) is 57.0 cm³/mol. The smallest absolute Gasteiger partial charge is 0.111 e. The molecule has 0 saturated heterocycles. The van der Waals surface area contributed by atoms with E-state index in [0.29, 0.717) is 6.54 Å². The third kappa shape index (κ3) is 2.61. The summed E-state index contributed by atoms with van der Waals surface area (Å²) in [4.78, 5) is 8.14. The Hall–Kier alpha value is -1.72. The van der Waals surface area contributed by atoms with E-state index in [9.17, 15) is 0 Å². The van der Waals surface area contributed by atoms with E-state index in [-0.39, 0.29) is 6.17 Å². The molecule has 0 saturated carbocycles. The van der Waals surface area contributed by atoms with E-state index in [1.165, 1.54) is 0 Å². The molecule has 15 heavy (non-hydrogen) atoms. The Morgan fingerprint density at radius 1 is 1.40 bits per heavy atom. The van der Waals surface area contributed by atoms with Gasteiger partial charge in [-0.2, -0.15) is 0 Å². The molecule has 0 spiro atoms. The van der Waals surface area contributed by atoms with Crippen LogP contribution in [0, 0.1) is 0 Å². The van der Waals surface area contributed by atoms with Crippen molar-refractivity contribution >= 4 is 0 Å². The summed E-state index contributed by atoms with van der Waals surface area (Å²) in [6.45, 7) is 0.611. The van der Waals surface area contributed by atoms with Crippen LogP contribution in [-0.2, 0) is 6.54 Å². The number of hydrogen-bond acceptors (Lipinski definition) is 5. The summed E-state index contributed by atoms with van der Waals surface area (Å²) < 4.78 is 0. The van der Waals surface area contributed by atoms with Crippen LogP contribution in [-0.4, -0.2) is 21.1 Å². The van der Waals surface area contributed by atoms with Gasteiger partial charge in [-0.15, -0.1) is 0 Å². The highest BCUT2D eigenvalue weighted by Crippen LogP contribution is 2.00. The van der Waals surface area contributed by atoms with Crippen molar-refractivity contribution in [1.29, 1.82) is 0 Å². The van der Waals surface area contributed by atoms with E-state index in [1.54, 1.807) is 18.6 Å². The number of aromatic nitrogens is 2. The first-order valence-corrected chi connectivity index (χ1v) is 4.73. The van der Waals surface area contributed by atoms with Crippen LogP contribution in [0.15, 0.2) is 43.0 Å². The molecule has 2 heterocycles. The molecular weight excluding hydrogens is 190 g/mol. The maximum absolute atomic E-state index is 5.83. The van der Waals surface area contributed by atoms with Gasteiger partial charge in [0.1, 0.15) is 6.17 Å². The lowest BCUT2D eigenvalue weighted by atomic mass is 10.3. The molecule has 1 unspecified atom stereocenters. The van der Waals surface area contributed by atoms with Gasteiger partial charge in [0, 0.05) is 24.8 Å². The van der Waals surface area contributed by atoms with Gasteiger partial charge in [0.05, 0.1) is 12.2 Å². The minimum absolute atomic E-state index is 0.133. The molecule has 1 aromatic rings. The molecule has 3 N–H and O–H groups in total. The van der Waals surface area contributed by atoms with Crippen LogP contribution < -0.4 is 11.2 Å². The summed E-state index contributed by atoms with van der Waals surface area (Å²) in [6.07, 6.45) is 12.6. The topological polar surface area (TPSA) is 67.1 Å². The normalized spacial score (nSPS) is 19.5. The first-order chi connectivity index (χ1) is 7.36.